The number of aromatic nitrogens is 6. The van der Waals surface area contributed by atoms with E-state index < -0.39 is 129 Å². The van der Waals surface area contributed by atoms with E-state index in [1.54, 1.807) is 91.0 Å². The van der Waals surface area contributed by atoms with Crippen LogP contribution in [0.5, 0.6) is 0 Å². The molecule has 0 aliphatic carbocycles. The molecule has 482 valence electrons. The average Bonchev–Trinajstić information content (AvgIpc) is 1.02. The van der Waals surface area contributed by atoms with Crippen LogP contribution >= 0.6 is 0 Å². The summed E-state index contributed by atoms with van der Waals surface area (Å²) < 4.78 is 192. The zero-order valence-electron chi connectivity index (χ0n) is 48.2. The number of nitrogens with one attached hydrogen (secondary N) is 3. The van der Waals surface area contributed by atoms with Crippen LogP contribution in [0.25, 0.3) is 0 Å². The molecule has 0 saturated carbocycles. The van der Waals surface area contributed by atoms with E-state index >= 15 is 0 Å². The molecule has 2 aliphatic rings. The number of aromatic amines is 2. The number of rotatable bonds is 16. The van der Waals surface area contributed by atoms with Gasteiger partial charge in [-0.25, -0.2) is 34.2 Å². The first-order valence-corrected chi connectivity index (χ1v) is 27.4. The molecule has 7 aromatic rings. The number of benzene rings is 5. The van der Waals surface area contributed by atoms with Crippen molar-refractivity contribution in [3.8, 4) is 0 Å². The number of ether oxygens (including phenoxy) is 5. The van der Waals surface area contributed by atoms with Gasteiger partial charge in [0.2, 0.25) is 0 Å². The van der Waals surface area contributed by atoms with Gasteiger partial charge in [0.05, 0.1) is 79.5 Å². The van der Waals surface area contributed by atoms with Gasteiger partial charge in [0.15, 0.2) is 11.1 Å². The summed E-state index contributed by atoms with van der Waals surface area (Å²) in [7, 11) is 2.30. The summed E-state index contributed by atoms with van der Waals surface area (Å²) >= 11 is 0. The molecule has 0 unspecified atom stereocenters. The smallest absolute Gasteiger partial charge is 0.416 e. The number of halogens is 12. The summed E-state index contributed by atoms with van der Waals surface area (Å²) in [5, 5.41) is 15.2. The Labute approximate surface area is 504 Å². The third kappa shape index (κ3) is 14.3. The molecule has 1 amide bonds. The second kappa shape index (κ2) is 26.4. The lowest BCUT2D eigenvalue weighted by molar-refractivity contribution is -0.160. The molecule has 2 aromatic heterocycles. The largest absolute Gasteiger partial charge is 0.467 e. The van der Waals surface area contributed by atoms with Crippen molar-refractivity contribution in [3.05, 3.63) is 211 Å². The van der Waals surface area contributed by atoms with Crippen LogP contribution in [0.15, 0.2) is 150 Å². The fourth-order valence-corrected chi connectivity index (χ4v) is 11.1. The van der Waals surface area contributed by atoms with Gasteiger partial charge in [-0.3, -0.25) is 14.0 Å². The first-order chi connectivity index (χ1) is 42.3. The molecule has 3 N–H and O–H groups in total. The highest BCUT2D eigenvalue weighted by Crippen LogP contribution is 2.47. The normalized spacial score (nSPS) is 21.3. The molecule has 2 aliphatic heterocycles. The average molecular weight is 1280 g/mol. The number of amides is 1. The van der Waals surface area contributed by atoms with Gasteiger partial charge in [-0.1, -0.05) is 91.0 Å². The Morgan fingerprint density at radius 3 is 1.37 bits per heavy atom. The Morgan fingerprint density at radius 1 is 0.544 bits per heavy atom. The SMILES string of the molecule is COC(=O)[C@]1(n2cn[nH]c2=O)CC[C@@](CO[C@H](C)c2cc(C(F)(F)F)cc(C(F)(F)F)c2)(c2ccccc2)N(C(=O)OCc2ccccc2)C1.COC(=O)[C@]1(n2cn[nH]c2=O)CC[C@@](CO[C@H](C)c2cc(C(F)(F)F)cc(C(F)(F)F)c2)(c2ccccc2)NC1. The number of methoxy groups -OCH3 is 2. The van der Waals surface area contributed by atoms with Crippen LogP contribution in [0.4, 0.5) is 57.5 Å². The molecule has 4 heterocycles. The lowest BCUT2D eigenvalue weighted by Gasteiger charge is -2.52. The Hall–Kier alpha value is -8.77. The molecule has 0 radical (unpaired) electrons. The standard InChI is InChI=1S/C34H32F6N4O6.C26H26F6N4O4/c1-22(24-15-26(33(35,36)37)17-27(16-24)34(38,39)40)50-20-32(25-11-7-4-8-12-25)14-13-31(28(45)48-2,44-21-41-42-29(44)46)19-43(32)30(47)49-18-23-9-5-3-6-10-23;1-16(17-10-19(25(27,28)29)12-20(11-17)26(30,31)32)40-14-23(18-6-4-3-5-7-18)8-9-24(13-33-23,21(37)39-2)36-15-34-35-22(36)38/h3-12,15-17,21-22H,13-14,18-20H2,1-2H3,(H,42,46);3-7,10-12,15-16,33H,8-9,13-14H2,1-2H3,(H,35,38)/t22-,31+,32-;16-,23-,24+/m11/s1. The minimum atomic E-state index is -5.08. The highest BCUT2D eigenvalue weighted by atomic mass is 19.4. The molecule has 2 saturated heterocycles. The van der Waals surface area contributed by atoms with E-state index in [1.165, 1.54) is 32.2 Å². The van der Waals surface area contributed by atoms with E-state index in [2.05, 4.69) is 25.7 Å². The maximum atomic E-state index is 14.2. The lowest BCUT2D eigenvalue weighted by Crippen LogP contribution is -2.66. The van der Waals surface area contributed by atoms with Crippen molar-refractivity contribution in [1.29, 1.82) is 0 Å². The quantitative estimate of drug-likeness (QED) is 0.0467. The molecular formula is C60H58F12N8O10. The lowest BCUT2D eigenvalue weighted by atomic mass is 9.74. The van der Waals surface area contributed by atoms with Crippen molar-refractivity contribution in [1.82, 2.24) is 39.7 Å². The van der Waals surface area contributed by atoms with Crippen LogP contribution in [0.1, 0.15) is 102 Å². The first-order valence-electron chi connectivity index (χ1n) is 27.4. The highest BCUT2D eigenvalue weighted by molar-refractivity contribution is 5.81. The second-order valence-corrected chi connectivity index (χ2v) is 21.5. The summed E-state index contributed by atoms with van der Waals surface area (Å²) in [5.41, 5.74) is -12.0. The summed E-state index contributed by atoms with van der Waals surface area (Å²) in [6.45, 7) is 1.20. The molecule has 30 heteroatoms. The Balaban J connectivity index is 0.000000238. The summed E-state index contributed by atoms with van der Waals surface area (Å²) in [4.78, 5) is 67.0. The third-order valence-corrected chi connectivity index (χ3v) is 16.1. The van der Waals surface area contributed by atoms with E-state index in [0.717, 1.165) is 22.6 Å². The Bertz CT molecular complexity index is 3670. The zero-order valence-corrected chi connectivity index (χ0v) is 48.2. The minimum absolute atomic E-state index is 0.0253. The summed E-state index contributed by atoms with van der Waals surface area (Å²) in [6.07, 6.45) is -21.3. The van der Waals surface area contributed by atoms with E-state index in [1.807, 2.05) is 0 Å². The van der Waals surface area contributed by atoms with Gasteiger partial charge in [-0.15, -0.1) is 0 Å². The fourth-order valence-electron chi connectivity index (χ4n) is 11.1. The van der Waals surface area contributed by atoms with Crippen molar-refractivity contribution in [2.75, 3.05) is 40.5 Å². The number of nitrogens with zero attached hydrogens (tertiary/aromatic N) is 5. The van der Waals surface area contributed by atoms with Crippen molar-refractivity contribution < 1.29 is 90.8 Å². The predicted octanol–water partition coefficient (Wildman–Crippen LogP) is 11.1. The van der Waals surface area contributed by atoms with Gasteiger partial charge in [0.25, 0.3) is 0 Å². The number of hydrogen-bond acceptors (Lipinski definition) is 13. The number of hydrogen-bond donors (Lipinski definition) is 3. The van der Waals surface area contributed by atoms with Gasteiger partial charge in [0, 0.05) is 6.54 Å². The molecule has 90 heavy (non-hydrogen) atoms. The van der Waals surface area contributed by atoms with E-state index in [9.17, 15) is 76.7 Å². The number of alkyl halides is 12. The molecule has 18 nitrogen and oxygen atoms in total. The monoisotopic (exact) mass is 1280 g/mol. The van der Waals surface area contributed by atoms with Crippen LogP contribution in [0, 0.1) is 0 Å². The van der Waals surface area contributed by atoms with E-state index in [-0.39, 0.29) is 63.1 Å². The van der Waals surface area contributed by atoms with Crippen LogP contribution in [-0.2, 0) is 86.7 Å². The van der Waals surface area contributed by atoms with Gasteiger partial charge in [-0.05, 0) is 104 Å². The molecule has 9 rings (SSSR count). The van der Waals surface area contributed by atoms with Gasteiger partial charge < -0.3 is 29.0 Å². The van der Waals surface area contributed by atoms with Gasteiger partial charge in [-0.2, -0.15) is 62.9 Å². The molecule has 5 aromatic carbocycles. The Morgan fingerprint density at radius 2 is 0.956 bits per heavy atom. The van der Waals surface area contributed by atoms with Crippen LogP contribution in [0.2, 0.25) is 0 Å². The number of piperidine rings is 2. The zero-order chi connectivity index (χ0) is 65.7. The summed E-state index contributed by atoms with van der Waals surface area (Å²) in [5.74, 6) is -1.57. The third-order valence-electron chi connectivity index (χ3n) is 16.1. The first kappa shape index (κ1) is 67.2. The van der Waals surface area contributed by atoms with Crippen molar-refractivity contribution in [2.45, 2.75) is 105 Å². The van der Waals surface area contributed by atoms with Crippen molar-refractivity contribution in [3.63, 3.8) is 0 Å². The maximum absolute atomic E-state index is 14.2. The number of likely N-dealkylation sites (tertiary alicyclic amines) is 1. The minimum Gasteiger partial charge on any atom is -0.467 e. The molecule has 0 bridgehead atoms. The number of H-pyrrole nitrogens is 2. The maximum Gasteiger partial charge on any atom is 0.416 e. The van der Waals surface area contributed by atoms with Crippen LogP contribution in [0.3, 0.4) is 0 Å². The molecule has 0 spiro atoms. The highest BCUT2D eigenvalue weighted by Gasteiger charge is 2.58. The van der Waals surface area contributed by atoms with Gasteiger partial charge in [0.1, 0.15) is 19.3 Å². The topological polar surface area (TPSA) is 214 Å². The number of esters is 2. The Kier molecular flexibility index (Phi) is 19.7. The predicted molar refractivity (Wildman–Crippen MR) is 293 cm³/mol. The van der Waals surface area contributed by atoms with Crippen molar-refractivity contribution in [2.24, 2.45) is 0 Å². The summed E-state index contributed by atoms with van der Waals surface area (Å²) in [6, 6.07) is 28.4. The van der Waals surface area contributed by atoms with E-state index in [0.29, 0.717) is 41.0 Å². The number of carbonyl (C=O) groups excluding carboxylic acids is 3. The van der Waals surface area contributed by atoms with Gasteiger partial charge >= 0.3 is 54.1 Å². The molecule has 2 fully saturated rings. The molecule has 6 atom stereocenters. The molecular weight excluding hydrogens is 1220 g/mol. The fraction of sp³-hybridized carbons (Fsp3) is 0.383. The van der Waals surface area contributed by atoms with Crippen LogP contribution < -0.4 is 16.7 Å². The second-order valence-electron chi connectivity index (χ2n) is 21.5. The number of carbonyl (C=O) groups is 3. The van der Waals surface area contributed by atoms with E-state index in [4.69, 9.17) is 23.7 Å². The van der Waals surface area contributed by atoms with Crippen LogP contribution in [-0.4, -0.2) is 93.0 Å². The van der Waals surface area contributed by atoms with Crippen molar-refractivity contribution >= 4 is 18.0 Å².